The number of carbonyl (C=O) groups is 1. The number of H-pyrrole nitrogens is 1. The zero-order valence-corrected chi connectivity index (χ0v) is 13.7. The minimum absolute atomic E-state index is 0.0816. The molecule has 1 aliphatic heterocycles. The number of amides is 1. The Morgan fingerprint density at radius 1 is 1.54 bits per heavy atom. The maximum absolute atomic E-state index is 13.8. The van der Waals surface area contributed by atoms with Crippen LogP contribution in [0, 0.1) is 12.7 Å². The van der Waals surface area contributed by atoms with Crippen molar-refractivity contribution in [2.75, 3.05) is 26.9 Å². The number of aryl methyl sites for hydroxylation is 1. The zero-order chi connectivity index (χ0) is 17.1. The fourth-order valence-electron chi connectivity index (χ4n) is 2.83. The first-order valence-electron chi connectivity index (χ1n) is 7.79. The van der Waals surface area contributed by atoms with Gasteiger partial charge in [0, 0.05) is 18.4 Å². The lowest BCUT2D eigenvalue weighted by molar-refractivity contribution is -0.139. The number of ether oxygens (including phenoxy) is 2. The van der Waals surface area contributed by atoms with Crippen molar-refractivity contribution in [2.45, 2.75) is 19.4 Å². The van der Waals surface area contributed by atoms with Gasteiger partial charge in [0.05, 0.1) is 26.7 Å². The van der Waals surface area contributed by atoms with Crippen LogP contribution in [-0.4, -0.2) is 47.6 Å². The number of rotatable bonds is 4. The Labute approximate surface area is 139 Å². The van der Waals surface area contributed by atoms with Crippen molar-refractivity contribution in [1.29, 1.82) is 0 Å². The molecule has 2 aromatic rings. The molecule has 7 heteroatoms. The molecule has 1 amide bonds. The quantitative estimate of drug-likeness (QED) is 0.929. The minimum atomic E-state index is -0.469. The first-order valence-corrected chi connectivity index (χ1v) is 7.79. The summed E-state index contributed by atoms with van der Waals surface area (Å²) in [6.07, 6.45) is 1.85. The molecule has 1 aromatic carbocycles. The van der Waals surface area contributed by atoms with Crippen molar-refractivity contribution in [2.24, 2.45) is 0 Å². The number of nitrogens with zero attached hydrogens (tertiary/aromatic N) is 2. The van der Waals surface area contributed by atoms with Crippen LogP contribution in [0.15, 0.2) is 24.4 Å². The van der Waals surface area contributed by atoms with Crippen molar-refractivity contribution >= 4 is 5.91 Å². The average Bonchev–Trinajstić information content (AvgIpc) is 3.01. The van der Waals surface area contributed by atoms with Gasteiger partial charge >= 0.3 is 0 Å². The van der Waals surface area contributed by atoms with E-state index in [0.717, 1.165) is 5.69 Å². The number of aromatic amines is 1. The molecule has 1 aliphatic rings. The Balaban J connectivity index is 1.75. The first-order chi connectivity index (χ1) is 11.6. The summed E-state index contributed by atoms with van der Waals surface area (Å²) in [5, 5.41) is 0. The molecule has 0 radical (unpaired) electrons. The van der Waals surface area contributed by atoms with Crippen molar-refractivity contribution in [1.82, 2.24) is 14.9 Å². The fraction of sp³-hybridized carbons (Fsp3) is 0.412. The molecule has 0 bridgehead atoms. The summed E-state index contributed by atoms with van der Waals surface area (Å²) in [6, 6.07) is 4.32. The van der Waals surface area contributed by atoms with Crippen molar-refractivity contribution in [3.63, 3.8) is 0 Å². The highest BCUT2D eigenvalue weighted by molar-refractivity contribution is 5.79. The van der Waals surface area contributed by atoms with Gasteiger partial charge in [-0.1, -0.05) is 6.07 Å². The lowest BCUT2D eigenvalue weighted by atomic mass is 10.1. The van der Waals surface area contributed by atoms with Gasteiger partial charge in [-0.2, -0.15) is 0 Å². The van der Waals surface area contributed by atoms with Crippen molar-refractivity contribution in [3.8, 4) is 5.75 Å². The van der Waals surface area contributed by atoms with Crippen LogP contribution >= 0.6 is 0 Å². The monoisotopic (exact) mass is 333 g/mol. The summed E-state index contributed by atoms with van der Waals surface area (Å²) < 4.78 is 24.2. The summed E-state index contributed by atoms with van der Waals surface area (Å²) in [4.78, 5) is 21.9. The Morgan fingerprint density at radius 3 is 3.04 bits per heavy atom. The van der Waals surface area contributed by atoms with Gasteiger partial charge in [0.2, 0.25) is 5.91 Å². The van der Waals surface area contributed by atoms with Crippen LogP contribution in [0.5, 0.6) is 5.75 Å². The second-order valence-electron chi connectivity index (χ2n) is 5.77. The Bertz CT molecular complexity index is 732. The van der Waals surface area contributed by atoms with Crippen molar-refractivity contribution in [3.05, 3.63) is 47.3 Å². The third kappa shape index (κ3) is 3.41. The van der Waals surface area contributed by atoms with E-state index >= 15 is 0 Å². The smallest absolute Gasteiger partial charge is 0.227 e. The maximum Gasteiger partial charge on any atom is 0.227 e. The van der Waals surface area contributed by atoms with E-state index in [1.165, 1.54) is 19.2 Å². The molecule has 2 heterocycles. The Morgan fingerprint density at radius 2 is 2.38 bits per heavy atom. The number of morpholine rings is 1. The van der Waals surface area contributed by atoms with Crippen LogP contribution < -0.4 is 4.74 Å². The van der Waals surface area contributed by atoms with Crippen LogP contribution in [0.2, 0.25) is 0 Å². The highest BCUT2D eigenvalue weighted by Gasteiger charge is 2.30. The number of hydrogen-bond acceptors (Lipinski definition) is 4. The Hall–Kier alpha value is -2.41. The van der Waals surface area contributed by atoms with E-state index < -0.39 is 5.82 Å². The second kappa shape index (κ2) is 7.00. The lowest BCUT2D eigenvalue weighted by Gasteiger charge is -2.34. The number of methoxy groups -OCH3 is 1. The standard InChI is InChI=1S/C17H20FN3O3/c1-11-9-19-17(20-11)14-10-24-6-5-21(14)16(22)8-12-3-4-15(23-2)13(18)7-12/h3-4,7,9,14H,5-6,8,10H2,1-2H3,(H,19,20)/t14-/m0/s1. The first kappa shape index (κ1) is 16.4. The van der Waals surface area contributed by atoms with E-state index in [1.807, 2.05) is 6.92 Å². The third-order valence-electron chi connectivity index (χ3n) is 4.06. The van der Waals surface area contributed by atoms with E-state index in [4.69, 9.17) is 9.47 Å². The average molecular weight is 333 g/mol. The Kier molecular flexibility index (Phi) is 4.80. The van der Waals surface area contributed by atoms with Crippen molar-refractivity contribution < 1.29 is 18.7 Å². The molecule has 6 nitrogen and oxygen atoms in total. The van der Waals surface area contributed by atoms with E-state index in [0.29, 0.717) is 31.1 Å². The summed E-state index contributed by atoms with van der Waals surface area (Å²) >= 11 is 0. The number of hydrogen-bond donors (Lipinski definition) is 1. The second-order valence-corrected chi connectivity index (χ2v) is 5.77. The molecule has 1 aromatic heterocycles. The SMILES string of the molecule is COc1ccc(CC(=O)N2CCOC[C@H]2c2ncc(C)[nH]2)cc1F. The molecule has 128 valence electrons. The van der Waals surface area contributed by atoms with Gasteiger partial charge in [-0.05, 0) is 24.6 Å². The summed E-state index contributed by atoms with van der Waals surface area (Å²) in [5.41, 5.74) is 1.54. The molecule has 0 saturated carbocycles. The molecular formula is C17H20FN3O3. The molecule has 0 unspecified atom stereocenters. The molecule has 1 fully saturated rings. The lowest BCUT2D eigenvalue weighted by Crippen LogP contribution is -2.44. The molecule has 0 aliphatic carbocycles. The summed E-state index contributed by atoms with van der Waals surface area (Å²) in [5.74, 6) is 0.327. The highest BCUT2D eigenvalue weighted by Crippen LogP contribution is 2.24. The molecular weight excluding hydrogens is 313 g/mol. The zero-order valence-electron chi connectivity index (χ0n) is 13.7. The van der Waals surface area contributed by atoms with E-state index in [1.54, 1.807) is 17.2 Å². The number of halogens is 1. The normalized spacial score (nSPS) is 17.8. The summed E-state index contributed by atoms with van der Waals surface area (Å²) in [6.45, 7) is 3.28. The van der Waals surface area contributed by atoms with Gasteiger partial charge < -0.3 is 19.4 Å². The van der Waals surface area contributed by atoms with Crippen LogP contribution in [-0.2, 0) is 16.0 Å². The van der Waals surface area contributed by atoms with Gasteiger partial charge in [-0.15, -0.1) is 0 Å². The third-order valence-corrected chi connectivity index (χ3v) is 4.06. The van der Waals surface area contributed by atoms with Gasteiger partial charge in [0.25, 0.3) is 0 Å². The molecule has 3 rings (SSSR count). The summed E-state index contributed by atoms with van der Waals surface area (Å²) in [7, 11) is 1.41. The number of aromatic nitrogens is 2. The largest absolute Gasteiger partial charge is 0.494 e. The number of benzene rings is 1. The topological polar surface area (TPSA) is 67.4 Å². The van der Waals surface area contributed by atoms with Gasteiger partial charge in [-0.3, -0.25) is 4.79 Å². The van der Waals surface area contributed by atoms with Gasteiger partial charge in [0.15, 0.2) is 11.6 Å². The van der Waals surface area contributed by atoms with E-state index in [2.05, 4.69) is 9.97 Å². The van der Waals surface area contributed by atoms with Crippen LogP contribution in [0.3, 0.4) is 0 Å². The maximum atomic E-state index is 13.8. The fourth-order valence-corrected chi connectivity index (χ4v) is 2.83. The van der Waals surface area contributed by atoms with Gasteiger partial charge in [-0.25, -0.2) is 9.37 Å². The molecule has 24 heavy (non-hydrogen) atoms. The van der Waals surface area contributed by atoms with Crippen LogP contribution in [0.4, 0.5) is 4.39 Å². The van der Waals surface area contributed by atoms with Gasteiger partial charge in [0.1, 0.15) is 11.9 Å². The number of imidazole rings is 1. The highest BCUT2D eigenvalue weighted by atomic mass is 19.1. The molecule has 1 saturated heterocycles. The predicted molar refractivity (Wildman–Crippen MR) is 85.3 cm³/mol. The minimum Gasteiger partial charge on any atom is -0.494 e. The number of carbonyl (C=O) groups excluding carboxylic acids is 1. The number of nitrogens with one attached hydrogen (secondary N) is 1. The van der Waals surface area contributed by atoms with Crippen LogP contribution in [0.25, 0.3) is 0 Å². The van der Waals surface area contributed by atoms with E-state index in [9.17, 15) is 9.18 Å². The predicted octanol–water partition coefficient (Wildman–Crippen LogP) is 2.01. The van der Waals surface area contributed by atoms with E-state index in [-0.39, 0.29) is 24.1 Å². The molecule has 1 N–H and O–H groups in total. The molecule has 1 atom stereocenters. The van der Waals surface area contributed by atoms with Crippen LogP contribution in [0.1, 0.15) is 23.1 Å². The molecule has 0 spiro atoms.